The van der Waals surface area contributed by atoms with E-state index in [4.69, 9.17) is 13.9 Å². The topological polar surface area (TPSA) is 57.7 Å². The zero-order valence-electron chi connectivity index (χ0n) is 26.4. The molecular formula is C33H51NO4SSi. The molecule has 0 spiro atoms. The summed E-state index contributed by atoms with van der Waals surface area (Å²) in [6.07, 6.45) is 6.93. The fourth-order valence-corrected chi connectivity index (χ4v) is 5.79. The number of esters is 1. The van der Waals surface area contributed by atoms with Crippen molar-refractivity contribution in [1.82, 2.24) is 4.98 Å². The van der Waals surface area contributed by atoms with Crippen LogP contribution in [0.25, 0.3) is 6.08 Å². The van der Waals surface area contributed by atoms with Crippen LogP contribution < -0.4 is 0 Å². The molecule has 1 aromatic heterocycles. The minimum atomic E-state index is -1.71. The average Bonchev–Trinajstić information content (AvgIpc) is 3.29. The van der Waals surface area contributed by atoms with Crippen molar-refractivity contribution in [1.29, 1.82) is 0 Å². The van der Waals surface area contributed by atoms with Gasteiger partial charge in [-0.2, -0.15) is 0 Å². The minimum absolute atomic E-state index is 0.237. The number of carbonyl (C=O) groups excluding carboxylic acids is 1. The first-order valence-corrected chi connectivity index (χ1v) is 18.2. The van der Waals surface area contributed by atoms with Gasteiger partial charge in [0.25, 0.3) is 0 Å². The SMILES string of the molecule is CO[C@@H](C(=O)O[C@H](C/C=C(/C)CCCC(C)CO[Si](C)(C)C(C)(C)C)/C(C)=C/c1csc(C)n1)c1ccccc1. The summed E-state index contributed by atoms with van der Waals surface area (Å²) in [5, 5.41) is 3.27. The smallest absolute Gasteiger partial charge is 0.340 e. The van der Waals surface area contributed by atoms with Crippen LogP contribution in [0.15, 0.2) is 52.9 Å². The van der Waals surface area contributed by atoms with Gasteiger partial charge in [-0.05, 0) is 81.3 Å². The Balaban J connectivity index is 2.03. The Bertz CT molecular complexity index is 1120. The number of thiazole rings is 1. The van der Waals surface area contributed by atoms with Crippen LogP contribution >= 0.6 is 11.3 Å². The maximum absolute atomic E-state index is 13.2. The number of rotatable bonds is 15. The molecule has 5 nitrogen and oxygen atoms in total. The summed E-state index contributed by atoms with van der Waals surface area (Å²) in [6, 6.07) is 9.48. The molecular weight excluding hydrogens is 535 g/mol. The zero-order valence-corrected chi connectivity index (χ0v) is 28.2. The Morgan fingerprint density at radius 1 is 1.15 bits per heavy atom. The van der Waals surface area contributed by atoms with Crippen LogP contribution in [0.1, 0.15) is 89.6 Å². The Kier molecular flexibility index (Phi) is 13.5. The Labute approximate surface area is 248 Å². The Morgan fingerprint density at radius 2 is 1.82 bits per heavy atom. The van der Waals surface area contributed by atoms with Crippen LogP contribution in [0, 0.1) is 12.8 Å². The minimum Gasteiger partial charge on any atom is -0.455 e. The number of nitrogens with zero attached hydrogens (tertiary/aromatic N) is 1. The van der Waals surface area contributed by atoms with Gasteiger partial charge in [-0.25, -0.2) is 9.78 Å². The van der Waals surface area contributed by atoms with Crippen molar-refractivity contribution in [2.75, 3.05) is 13.7 Å². The normalized spacial score (nSPS) is 15.6. The molecule has 0 radical (unpaired) electrons. The molecule has 0 bridgehead atoms. The van der Waals surface area contributed by atoms with Crippen molar-refractivity contribution in [3.05, 3.63) is 69.2 Å². The zero-order chi connectivity index (χ0) is 29.9. The van der Waals surface area contributed by atoms with E-state index >= 15 is 0 Å². The molecule has 0 aliphatic carbocycles. The van der Waals surface area contributed by atoms with E-state index < -0.39 is 20.5 Å². The number of ether oxygens (including phenoxy) is 2. The number of allylic oxidation sites excluding steroid dienone is 1. The highest BCUT2D eigenvalue weighted by atomic mass is 32.1. The van der Waals surface area contributed by atoms with Crippen LogP contribution in [0.4, 0.5) is 0 Å². The van der Waals surface area contributed by atoms with Gasteiger partial charge in [-0.1, -0.05) is 69.7 Å². The van der Waals surface area contributed by atoms with Crippen LogP contribution in [0.2, 0.25) is 18.1 Å². The number of aromatic nitrogens is 1. The van der Waals surface area contributed by atoms with Crippen molar-refractivity contribution in [3.8, 4) is 0 Å². The van der Waals surface area contributed by atoms with Crippen LogP contribution in [0.3, 0.4) is 0 Å². The molecule has 1 unspecified atom stereocenters. The van der Waals surface area contributed by atoms with Gasteiger partial charge in [0.1, 0.15) is 6.10 Å². The second kappa shape index (κ2) is 15.8. The third kappa shape index (κ3) is 11.1. The fourth-order valence-electron chi connectivity index (χ4n) is 4.09. The van der Waals surface area contributed by atoms with Crippen LogP contribution in [-0.2, 0) is 18.7 Å². The third-order valence-electron chi connectivity index (χ3n) is 7.81. The molecule has 0 saturated carbocycles. The van der Waals surface area contributed by atoms with E-state index in [1.54, 1.807) is 11.3 Å². The van der Waals surface area contributed by atoms with Crippen LogP contribution in [-0.4, -0.2) is 39.1 Å². The summed E-state index contributed by atoms with van der Waals surface area (Å²) in [7, 11) is -0.170. The fraction of sp³-hybridized carbons (Fsp3) is 0.576. The number of aryl methyl sites for hydroxylation is 1. The summed E-state index contributed by atoms with van der Waals surface area (Å²) in [6.45, 7) is 20.8. The van der Waals surface area contributed by atoms with Gasteiger partial charge in [-0.3, -0.25) is 0 Å². The first-order chi connectivity index (χ1) is 18.7. The molecule has 0 saturated heterocycles. The molecule has 1 aromatic carbocycles. The second-order valence-corrected chi connectivity index (χ2v) is 18.4. The molecule has 2 rings (SSSR count). The van der Waals surface area contributed by atoms with Gasteiger partial charge in [0.15, 0.2) is 14.4 Å². The standard InChI is InChI=1S/C33H51NO4SSi/c1-24(15-14-16-25(2)22-37-40(9,10)33(5,6)7)19-20-30(26(3)21-29-23-39-27(4)34-29)38-32(35)31(36-8)28-17-12-11-13-18-28/h11-13,17-19,21,23,25,30-31H,14-16,20,22H2,1-10H3/b24-19-,26-21+/t25?,30-,31-/m1/s1. The first-order valence-electron chi connectivity index (χ1n) is 14.4. The van der Waals surface area contributed by atoms with E-state index in [0.29, 0.717) is 12.3 Å². The monoisotopic (exact) mass is 585 g/mol. The maximum atomic E-state index is 13.2. The molecule has 2 aromatic rings. The van der Waals surface area contributed by atoms with Crippen molar-refractivity contribution >= 4 is 31.7 Å². The predicted molar refractivity (Wildman–Crippen MR) is 171 cm³/mol. The number of methoxy groups -OCH3 is 1. The first kappa shape index (κ1) is 34.1. The molecule has 7 heteroatoms. The van der Waals surface area contributed by atoms with Crippen molar-refractivity contribution in [2.45, 2.75) is 104 Å². The largest absolute Gasteiger partial charge is 0.455 e. The summed E-state index contributed by atoms with van der Waals surface area (Å²) < 4.78 is 18.0. The lowest BCUT2D eigenvalue weighted by Crippen LogP contribution is -2.41. The van der Waals surface area contributed by atoms with Crippen molar-refractivity contribution in [3.63, 3.8) is 0 Å². The molecule has 0 aliphatic rings. The summed E-state index contributed by atoms with van der Waals surface area (Å²) in [5.41, 5.74) is 3.94. The Hall–Kier alpha value is -2.06. The maximum Gasteiger partial charge on any atom is 0.340 e. The Morgan fingerprint density at radius 3 is 2.40 bits per heavy atom. The van der Waals surface area contributed by atoms with Gasteiger partial charge in [0.2, 0.25) is 0 Å². The molecule has 0 aliphatic heterocycles. The quantitative estimate of drug-likeness (QED) is 0.118. The van der Waals surface area contributed by atoms with Crippen molar-refractivity contribution in [2.24, 2.45) is 5.92 Å². The van der Waals surface area contributed by atoms with E-state index in [-0.39, 0.29) is 11.0 Å². The number of carbonyl (C=O) groups is 1. The van der Waals surface area contributed by atoms with Crippen molar-refractivity contribution < 1.29 is 18.7 Å². The highest BCUT2D eigenvalue weighted by Crippen LogP contribution is 2.37. The van der Waals surface area contributed by atoms with E-state index in [9.17, 15) is 4.79 Å². The number of hydrogen-bond donors (Lipinski definition) is 0. The molecule has 1 heterocycles. The molecule has 0 amide bonds. The van der Waals surface area contributed by atoms with E-state index in [1.807, 2.05) is 55.6 Å². The van der Waals surface area contributed by atoms with E-state index in [1.165, 1.54) is 12.7 Å². The number of benzene rings is 1. The summed E-state index contributed by atoms with van der Waals surface area (Å²) in [4.78, 5) is 17.8. The van der Waals surface area contributed by atoms with Gasteiger partial charge < -0.3 is 13.9 Å². The lowest BCUT2D eigenvalue weighted by Gasteiger charge is -2.37. The molecule has 222 valence electrons. The molecule has 0 fully saturated rings. The molecule has 0 N–H and O–H groups in total. The van der Waals surface area contributed by atoms with Gasteiger partial charge in [0, 0.05) is 25.5 Å². The third-order valence-corrected chi connectivity index (χ3v) is 13.1. The highest BCUT2D eigenvalue weighted by Gasteiger charge is 2.37. The lowest BCUT2D eigenvalue weighted by molar-refractivity contribution is -0.159. The van der Waals surface area contributed by atoms with Crippen LogP contribution in [0.5, 0.6) is 0 Å². The lowest BCUT2D eigenvalue weighted by atomic mass is 10.00. The van der Waals surface area contributed by atoms with E-state index in [2.05, 4.69) is 58.8 Å². The van der Waals surface area contributed by atoms with Gasteiger partial charge >= 0.3 is 5.97 Å². The molecule has 3 atom stereocenters. The molecule has 40 heavy (non-hydrogen) atoms. The average molecular weight is 586 g/mol. The predicted octanol–water partition coefficient (Wildman–Crippen LogP) is 9.32. The summed E-state index contributed by atoms with van der Waals surface area (Å²) >= 11 is 1.61. The number of hydrogen-bond acceptors (Lipinski definition) is 6. The second-order valence-electron chi connectivity index (χ2n) is 12.5. The van der Waals surface area contributed by atoms with E-state index in [0.717, 1.165) is 47.7 Å². The van der Waals surface area contributed by atoms with Gasteiger partial charge in [-0.15, -0.1) is 11.3 Å². The summed E-state index contributed by atoms with van der Waals surface area (Å²) in [5.74, 6) is 0.147. The van der Waals surface area contributed by atoms with Gasteiger partial charge in [0.05, 0.1) is 10.7 Å². The highest BCUT2D eigenvalue weighted by molar-refractivity contribution is 7.09.